The fourth-order valence-electron chi connectivity index (χ4n) is 4.83. The largest absolute Gasteiger partial charge is 0.573 e. The Hall–Kier alpha value is -4.19. The maximum Gasteiger partial charge on any atom is 0.573 e. The third kappa shape index (κ3) is 5.37. The lowest BCUT2D eigenvalue weighted by atomic mass is 10.0. The molecule has 0 radical (unpaired) electrons. The van der Waals surface area contributed by atoms with Crippen molar-refractivity contribution in [1.82, 2.24) is 24.4 Å². The number of hydrogen-bond donors (Lipinski definition) is 1. The molecule has 1 atom stereocenters. The zero-order chi connectivity index (χ0) is 27.9. The number of benzene rings is 1. The van der Waals surface area contributed by atoms with E-state index in [1.54, 1.807) is 15.7 Å². The first kappa shape index (κ1) is 26.4. The first-order valence-electron chi connectivity index (χ1n) is 12.3. The van der Waals surface area contributed by atoms with Gasteiger partial charge >= 0.3 is 6.36 Å². The predicted octanol–water partition coefficient (Wildman–Crippen LogP) is 4.19. The number of pyridine rings is 1. The van der Waals surface area contributed by atoms with Crippen molar-refractivity contribution in [1.29, 1.82) is 0 Å². The third-order valence-electron chi connectivity index (χ3n) is 6.56. The summed E-state index contributed by atoms with van der Waals surface area (Å²) in [6.07, 6.45) is -0.423. The molecule has 1 aliphatic rings. The molecule has 1 aliphatic heterocycles. The number of anilines is 1. The van der Waals surface area contributed by atoms with Gasteiger partial charge in [0.05, 0.1) is 5.39 Å². The van der Waals surface area contributed by atoms with Gasteiger partial charge in [-0.15, -0.1) is 13.2 Å². The molecule has 0 aliphatic carbocycles. The van der Waals surface area contributed by atoms with Crippen LogP contribution in [0.25, 0.3) is 28.0 Å². The molecule has 1 N–H and O–H groups in total. The fourth-order valence-corrected chi connectivity index (χ4v) is 4.83. The molecular weight excluding hydrogens is 513 g/mol. The Morgan fingerprint density at radius 3 is 2.49 bits per heavy atom. The number of rotatable bonds is 5. The normalized spacial score (nSPS) is 16.5. The number of nitrogens with zero attached hydrogens (tertiary/aromatic N) is 6. The second kappa shape index (κ2) is 9.84. The summed E-state index contributed by atoms with van der Waals surface area (Å²) in [6, 6.07) is 11.7. The van der Waals surface area contributed by atoms with Crippen molar-refractivity contribution in [2.24, 2.45) is 0 Å². The molecule has 1 amide bonds. The van der Waals surface area contributed by atoms with E-state index >= 15 is 0 Å². The molecule has 1 fully saturated rings. The van der Waals surface area contributed by atoms with Crippen LogP contribution in [-0.2, 0) is 4.79 Å². The van der Waals surface area contributed by atoms with E-state index in [4.69, 9.17) is 0 Å². The number of carbonyl (C=O) groups is 1. The van der Waals surface area contributed by atoms with Gasteiger partial charge in [-0.05, 0) is 32.4 Å². The number of fused-ring (bicyclic) bond motifs is 1. The van der Waals surface area contributed by atoms with E-state index in [1.807, 2.05) is 37.3 Å². The van der Waals surface area contributed by atoms with Gasteiger partial charge in [-0.2, -0.15) is 0 Å². The number of halogens is 3. The smallest absolute Gasteiger partial charge is 0.406 e. The molecule has 12 heteroatoms. The molecule has 4 aromatic rings. The standard InChI is InChI=1S/C27H27F3N6O3/c1-17-14-34(11-12-35(17)25(37)26(2,3)38)23-22-20(18-7-5-4-6-8-18)15-36(24(22)33-16-32-23)21-13-19(9-10-31-21)39-27(28,29)30/h4-10,13,15-17,38H,11-12,14H2,1-3H3. The zero-order valence-corrected chi connectivity index (χ0v) is 21.6. The van der Waals surface area contributed by atoms with Crippen molar-refractivity contribution in [2.45, 2.75) is 38.8 Å². The number of aromatic nitrogens is 4. The van der Waals surface area contributed by atoms with E-state index in [2.05, 4.69) is 24.6 Å². The fraction of sp³-hybridized carbons (Fsp3) is 0.333. The van der Waals surface area contributed by atoms with Crippen LogP contribution in [0.5, 0.6) is 5.75 Å². The summed E-state index contributed by atoms with van der Waals surface area (Å²) < 4.78 is 44.3. The minimum Gasteiger partial charge on any atom is -0.406 e. The van der Waals surface area contributed by atoms with Crippen LogP contribution in [0, 0.1) is 0 Å². The Morgan fingerprint density at radius 1 is 1.08 bits per heavy atom. The van der Waals surface area contributed by atoms with Crippen molar-refractivity contribution < 1.29 is 27.8 Å². The Labute approximate surface area is 222 Å². The topological polar surface area (TPSA) is 96.6 Å². The highest BCUT2D eigenvalue weighted by atomic mass is 19.4. The molecular formula is C27H27F3N6O3. The first-order valence-corrected chi connectivity index (χ1v) is 12.3. The van der Waals surface area contributed by atoms with E-state index in [0.29, 0.717) is 36.5 Å². The number of hydrogen-bond acceptors (Lipinski definition) is 7. The van der Waals surface area contributed by atoms with Crippen LogP contribution in [0.2, 0.25) is 0 Å². The van der Waals surface area contributed by atoms with E-state index in [9.17, 15) is 23.1 Å². The molecule has 0 saturated carbocycles. The Bertz CT molecular complexity index is 1500. The van der Waals surface area contributed by atoms with E-state index in [1.165, 1.54) is 32.4 Å². The molecule has 204 valence electrons. The molecule has 0 spiro atoms. The van der Waals surface area contributed by atoms with Crippen LogP contribution < -0.4 is 9.64 Å². The molecule has 9 nitrogen and oxygen atoms in total. The van der Waals surface area contributed by atoms with E-state index in [0.717, 1.165) is 17.2 Å². The number of amides is 1. The maximum atomic E-state index is 12.9. The van der Waals surface area contributed by atoms with Gasteiger partial charge in [0.15, 0.2) is 5.65 Å². The molecule has 1 aromatic carbocycles. The van der Waals surface area contributed by atoms with Gasteiger partial charge in [0.1, 0.15) is 29.3 Å². The summed E-state index contributed by atoms with van der Waals surface area (Å²) in [5, 5.41) is 10.9. The Morgan fingerprint density at radius 2 is 1.82 bits per heavy atom. The maximum absolute atomic E-state index is 12.9. The highest BCUT2D eigenvalue weighted by Crippen LogP contribution is 2.37. The number of alkyl halides is 3. The van der Waals surface area contributed by atoms with Crippen molar-refractivity contribution in [3.8, 4) is 22.7 Å². The molecule has 3 aromatic heterocycles. The summed E-state index contributed by atoms with van der Waals surface area (Å²) in [4.78, 5) is 29.8. The summed E-state index contributed by atoms with van der Waals surface area (Å²) in [5.41, 5.74) is 0.614. The lowest BCUT2D eigenvalue weighted by Crippen LogP contribution is -2.58. The number of aliphatic hydroxyl groups is 1. The van der Waals surface area contributed by atoms with Gasteiger partial charge in [-0.25, -0.2) is 15.0 Å². The molecule has 1 unspecified atom stereocenters. The molecule has 5 rings (SSSR count). The highest BCUT2D eigenvalue weighted by molar-refractivity contribution is 6.02. The molecule has 4 heterocycles. The van der Waals surface area contributed by atoms with E-state index < -0.39 is 17.7 Å². The van der Waals surface area contributed by atoms with Crippen LogP contribution in [0.4, 0.5) is 19.0 Å². The Kier molecular flexibility index (Phi) is 6.67. The van der Waals surface area contributed by atoms with Crippen LogP contribution in [0.1, 0.15) is 20.8 Å². The van der Waals surface area contributed by atoms with Gasteiger partial charge in [0, 0.05) is 49.7 Å². The van der Waals surface area contributed by atoms with Gasteiger partial charge in [0.25, 0.3) is 5.91 Å². The first-order chi connectivity index (χ1) is 18.4. The summed E-state index contributed by atoms with van der Waals surface area (Å²) in [7, 11) is 0. The van der Waals surface area contributed by atoms with Crippen LogP contribution in [0.15, 0.2) is 61.2 Å². The monoisotopic (exact) mass is 540 g/mol. The highest BCUT2D eigenvalue weighted by Gasteiger charge is 2.36. The third-order valence-corrected chi connectivity index (χ3v) is 6.56. The second-order valence-corrected chi connectivity index (χ2v) is 9.92. The van der Waals surface area contributed by atoms with Gasteiger partial charge < -0.3 is 19.6 Å². The van der Waals surface area contributed by atoms with Gasteiger partial charge in [0.2, 0.25) is 0 Å². The number of ether oxygens (including phenoxy) is 1. The minimum atomic E-state index is -4.84. The van der Waals surface area contributed by atoms with Gasteiger partial charge in [-0.1, -0.05) is 30.3 Å². The van der Waals surface area contributed by atoms with Crippen LogP contribution in [0.3, 0.4) is 0 Å². The lowest BCUT2D eigenvalue weighted by Gasteiger charge is -2.42. The summed E-state index contributed by atoms with van der Waals surface area (Å²) in [6.45, 7) is 6.16. The zero-order valence-electron chi connectivity index (χ0n) is 21.6. The summed E-state index contributed by atoms with van der Waals surface area (Å²) >= 11 is 0. The van der Waals surface area contributed by atoms with Crippen molar-refractivity contribution >= 4 is 22.8 Å². The molecule has 39 heavy (non-hydrogen) atoms. The van der Waals surface area contributed by atoms with Crippen LogP contribution >= 0.6 is 0 Å². The SMILES string of the molecule is CC1CN(c2ncnc3c2c(-c2ccccc2)cn3-c2cc(OC(F)(F)F)ccn2)CCN1C(=O)C(C)(C)O. The quantitative estimate of drug-likeness (QED) is 0.406. The minimum absolute atomic E-state index is 0.197. The summed E-state index contributed by atoms with van der Waals surface area (Å²) in [5.74, 6) is 0.0852. The average molecular weight is 541 g/mol. The van der Waals surface area contributed by atoms with Crippen molar-refractivity contribution in [3.63, 3.8) is 0 Å². The van der Waals surface area contributed by atoms with Crippen molar-refractivity contribution in [3.05, 3.63) is 61.2 Å². The van der Waals surface area contributed by atoms with Crippen molar-refractivity contribution in [2.75, 3.05) is 24.5 Å². The number of carbonyl (C=O) groups excluding carboxylic acids is 1. The Balaban J connectivity index is 1.60. The number of piperazine rings is 1. The second-order valence-electron chi connectivity index (χ2n) is 9.92. The van der Waals surface area contributed by atoms with Gasteiger partial charge in [-0.3, -0.25) is 9.36 Å². The van der Waals surface area contributed by atoms with E-state index in [-0.39, 0.29) is 17.8 Å². The predicted molar refractivity (Wildman–Crippen MR) is 138 cm³/mol. The lowest BCUT2D eigenvalue weighted by molar-refractivity contribution is -0.274. The average Bonchev–Trinajstić information content (AvgIpc) is 3.27. The molecule has 1 saturated heterocycles. The molecule has 0 bridgehead atoms. The van der Waals surface area contributed by atoms with Crippen LogP contribution in [-0.4, -0.2) is 73.1 Å².